The van der Waals surface area contributed by atoms with Gasteiger partial charge in [0.05, 0.1) is 46.9 Å². The first-order valence-corrected chi connectivity index (χ1v) is 28.4. The number of nitrogens with one attached hydrogen (secondary N) is 3. The molecule has 6 rings (SSSR count). The molecule has 20 nitrogen and oxygen atoms in total. The van der Waals surface area contributed by atoms with Gasteiger partial charge in [-0.1, -0.05) is 74.7 Å². The number of methoxy groups -OCH3 is 1. The standard InChI is InChI=1S/C60H76ClF3N6O14/c1-33(2)40(29-39(71)15-10-9-11-23-70-49(73)20-21-50(70)74)55(77)67-43(16-13-22-66-56(65)78)45(72)28-37-18-19-42(41(26-37)60(62,63)64)68-57(79)83-48-30-51(75)69(7)44-27-38(25-35(4)53(44)61)24-34(3)14-12-17-47(81-8)59(80)31-46(82-52(76)32-59)36(5)54-58(48,6)84-54/h12,14,17-21,25-27,33,36,40,43,46-48,54,80H,9-11,13,15-16,22-24,28-32H2,1-8H3,(H,67,77)(H,68,79)(H3,65,66,78)/b17-12+,34-14+/t36-,40+,43+,46+,47-,48+,54+,58+,59-/m1/s1. The number of carbonyl (C=O) groups is 9. The highest BCUT2D eigenvalue weighted by atomic mass is 35.5. The van der Waals surface area contributed by atoms with E-state index < -0.39 is 131 Å². The SMILES string of the molecule is CO[C@@H]1/C=C/C=C(\C)Cc2cc(C)c(Cl)c(c2)N(C)C(=O)C[C@H](OC(=O)Nc2ccc(CC(=O)[C@H](CCCNC(N)=O)NC(=O)[C@@H](CC(=O)CCCCCN3C(=O)C=CC3=O)C(C)C)cc2C(F)(F)F)[C@]2(C)O[C@H]2[C@H](C)[C@@H]2C[C@@]1(O)CC(=O)O2. The number of ketones is 2. The number of allylic oxidation sites excluding steroid dienone is 3. The maximum absolute atomic E-state index is 15.1. The number of nitrogens with two attached hydrogens (primary N) is 1. The molecule has 0 saturated carbocycles. The molecule has 2 aromatic rings. The summed E-state index contributed by atoms with van der Waals surface area (Å²) < 4.78 is 68.7. The van der Waals surface area contributed by atoms with Crippen LogP contribution in [0.3, 0.4) is 0 Å². The number of imide groups is 1. The van der Waals surface area contributed by atoms with Crippen molar-refractivity contribution in [1.29, 1.82) is 0 Å². The van der Waals surface area contributed by atoms with Gasteiger partial charge in [0, 0.05) is 76.9 Å². The first-order chi connectivity index (χ1) is 39.4. The number of epoxide rings is 1. The Hall–Kier alpha value is -6.95. The molecule has 24 heteroatoms. The van der Waals surface area contributed by atoms with E-state index in [2.05, 4.69) is 16.0 Å². The van der Waals surface area contributed by atoms with Crippen LogP contribution in [0, 0.1) is 24.7 Å². The van der Waals surface area contributed by atoms with E-state index in [0.29, 0.717) is 43.0 Å². The lowest BCUT2D eigenvalue weighted by atomic mass is 9.78. The van der Waals surface area contributed by atoms with Crippen molar-refractivity contribution in [3.8, 4) is 0 Å². The lowest BCUT2D eigenvalue weighted by molar-refractivity contribution is -0.187. The van der Waals surface area contributed by atoms with Crippen LogP contribution in [0.5, 0.6) is 0 Å². The average molecular weight is 1200 g/mol. The van der Waals surface area contributed by atoms with E-state index in [1.54, 1.807) is 52.8 Å². The van der Waals surface area contributed by atoms with Crippen LogP contribution in [0.25, 0.3) is 0 Å². The molecule has 0 radical (unpaired) electrons. The van der Waals surface area contributed by atoms with Gasteiger partial charge < -0.3 is 45.3 Å². The van der Waals surface area contributed by atoms with Gasteiger partial charge in [-0.25, -0.2) is 9.59 Å². The largest absolute Gasteiger partial charge is 0.462 e. The number of aryl methyl sites for hydroxylation is 1. The zero-order valence-electron chi connectivity index (χ0n) is 48.5. The Labute approximate surface area is 491 Å². The third-order valence-electron chi connectivity index (χ3n) is 16.0. The van der Waals surface area contributed by atoms with E-state index in [4.69, 9.17) is 36.3 Å². The predicted octanol–water partition coefficient (Wildman–Crippen LogP) is 7.70. The van der Waals surface area contributed by atoms with Crippen LogP contribution in [-0.4, -0.2) is 132 Å². The van der Waals surface area contributed by atoms with Crippen molar-refractivity contribution in [3.63, 3.8) is 0 Å². The number of ether oxygens (including phenoxy) is 4. The fraction of sp³-hybridized carbons (Fsp3) is 0.550. The van der Waals surface area contributed by atoms with Crippen LogP contribution in [0.2, 0.25) is 5.02 Å². The zero-order chi connectivity index (χ0) is 62.0. The van der Waals surface area contributed by atoms with Crippen molar-refractivity contribution in [3.05, 3.63) is 93.6 Å². The van der Waals surface area contributed by atoms with E-state index in [9.17, 15) is 48.3 Å². The topological polar surface area (TPSA) is 283 Å². The molecule has 458 valence electrons. The van der Waals surface area contributed by atoms with Crippen molar-refractivity contribution in [1.82, 2.24) is 15.5 Å². The van der Waals surface area contributed by atoms with Gasteiger partial charge in [0.15, 0.2) is 5.78 Å². The third kappa shape index (κ3) is 17.1. The molecule has 6 N–H and O–H groups in total. The molecule has 4 aliphatic heterocycles. The lowest BCUT2D eigenvalue weighted by Gasteiger charge is -2.41. The number of esters is 1. The third-order valence-corrected chi connectivity index (χ3v) is 16.4. The van der Waals surface area contributed by atoms with Gasteiger partial charge >= 0.3 is 24.3 Å². The van der Waals surface area contributed by atoms with Crippen LogP contribution in [0.1, 0.15) is 121 Å². The number of hydrogen-bond donors (Lipinski definition) is 5. The predicted molar refractivity (Wildman–Crippen MR) is 303 cm³/mol. The molecule has 0 unspecified atom stereocenters. The number of fused-ring (bicyclic) bond motifs is 5. The number of anilines is 2. The summed E-state index contributed by atoms with van der Waals surface area (Å²) in [4.78, 5) is 120. The van der Waals surface area contributed by atoms with Gasteiger partial charge in [0.2, 0.25) is 11.8 Å². The van der Waals surface area contributed by atoms with Crippen molar-refractivity contribution in [2.75, 3.05) is 37.5 Å². The van der Waals surface area contributed by atoms with E-state index in [1.807, 2.05) is 19.1 Å². The smallest absolute Gasteiger partial charge is 0.418 e. The molecule has 7 amide bonds. The van der Waals surface area contributed by atoms with Crippen LogP contribution in [-0.2, 0) is 71.5 Å². The Balaban J connectivity index is 1.21. The molecule has 0 aliphatic carbocycles. The molecule has 4 heterocycles. The first kappa shape index (κ1) is 66.2. The molecule has 2 aromatic carbocycles. The second-order valence-corrected chi connectivity index (χ2v) is 23.2. The van der Waals surface area contributed by atoms with Gasteiger partial charge in [0.1, 0.15) is 35.3 Å². The number of alkyl halides is 3. The minimum absolute atomic E-state index is 0.00372. The number of rotatable bonds is 21. The summed E-state index contributed by atoms with van der Waals surface area (Å²) in [6.45, 7) is 10.5. The Morgan fingerprint density at radius 1 is 1.00 bits per heavy atom. The summed E-state index contributed by atoms with van der Waals surface area (Å²) in [5, 5.41) is 19.5. The number of halogens is 4. The summed E-state index contributed by atoms with van der Waals surface area (Å²) in [6.07, 6.45) is -3.13. The van der Waals surface area contributed by atoms with Crippen LogP contribution < -0.4 is 26.6 Å². The Kier molecular flexibility index (Phi) is 22.3. The van der Waals surface area contributed by atoms with E-state index in [1.165, 1.54) is 37.3 Å². The number of carbonyl (C=O) groups excluding carboxylic acids is 9. The molecule has 2 saturated heterocycles. The summed E-state index contributed by atoms with van der Waals surface area (Å²) in [5.74, 6) is -5.71. The molecule has 84 heavy (non-hydrogen) atoms. The summed E-state index contributed by atoms with van der Waals surface area (Å²) >= 11 is 6.80. The highest BCUT2D eigenvalue weighted by Crippen LogP contribution is 2.50. The van der Waals surface area contributed by atoms with Gasteiger partial charge in [-0.2, -0.15) is 13.2 Å². The minimum atomic E-state index is -5.13. The van der Waals surface area contributed by atoms with E-state index >= 15 is 13.2 Å². The highest BCUT2D eigenvalue weighted by Gasteiger charge is 2.64. The molecule has 0 aromatic heterocycles. The highest BCUT2D eigenvalue weighted by molar-refractivity contribution is 6.34. The van der Waals surface area contributed by atoms with Gasteiger partial charge in [-0.3, -0.25) is 43.8 Å². The van der Waals surface area contributed by atoms with E-state index in [0.717, 1.165) is 22.1 Å². The quantitative estimate of drug-likeness (QED) is 0.0347. The number of nitrogens with zero attached hydrogens (tertiary/aromatic N) is 2. The second-order valence-electron chi connectivity index (χ2n) is 22.8. The fourth-order valence-electron chi connectivity index (χ4n) is 11.0. The fourth-order valence-corrected chi connectivity index (χ4v) is 11.3. The number of aliphatic hydroxyl groups is 1. The number of hydrogen-bond acceptors (Lipinski definition) is 14. The molecule has 0 spiro atoms. The molecule has 2 fully saturated rings. The zero-order valence-corrected chi connectivity index (χ0v) is 49.3. The van der Waals surface area contributed by atoms with Gasteiger partial charge in [-0.15, -0.1) is 0 Å². The average Bonchev–Trinajstić information content (AvgIpc) is 4.07. The van der Waals surface area contributed by atoms with Crippen molar-refractivity contribution >= 4 is 76.3 Å². The van der Waals surface area contributed by atoms with E-state index in [-0.39, 0.29) is 73.9 Å². The van der Waals surface area contributed by atoms with Gasteiger partial charge in [0.25, 0.3) is 11.8 Å². The number of Topliss-reactive ketones (excluding diaryl/α,β-unsaturated/α-hetero) is 2. The number of unbranched alkanes of at least 4 members (excludes halogenated alkanes) is 2. The van der Waals surface area contributed by atoms with Crippen LogP contribution in [0.15, 0.2) is 66.3 Å². The maximum atomic E-state index is 15.1. The molecule has 4 bridgehead atoms. The number of benzene rings is 2. The Morgan fingerprint density at radius 2 is 1.70 bits per heavy atom. The van der Waals surface area contributed by atoms with Crippen molar-refractivity contribution in [2.24, 2.45) is 23.5 Å². The monoisotopic (exact) mass is 1200 g/mol. The first-order valence-electron chi connectivity index (χ1n) is 28.1. The maximum Gasteiger partial charge on any atom is 0.418 e. The van der Waals surface area contributed by atoms with Crippen LogP contribution >= 0.6 is 11.6 Å². The van der Waals surface area contributed by atoms with Crippen molar-refractivity contribution in [2.45, 2.75) is 166 Å². The Morgan fingerprint density at radius 3 is 2.36 bits per heavy atom. The Bertz CT molecular complexity index is 2930. The van der Waals surface area contributed by atoms with Gasteiger partial charge in [-0.05, 0) is 93.7 Å². The summed E-state index contributed by atoms with van der Waals surface area (Å²) in [7, 11) is 2.88. The van der Waals surface area contributed by atoms with Crippen molar-refractivity contribution < 1.29 is 80.4 Å². The molecular formula is C60H76ClF3N6O14. The molecule has 4 aliphatic rings. The summed E-state index contributed by atoms with van der Waals surface area (Å²) in [5.41, 5.74) is 2.35. The van der Waals surface area contributed by atoms with Crippen LogP contribution in [0.4, 0.5) is 34.1 Å². The molecular weight excluding hydrogens is 1120 g/mol. The second kappa shape index (κ2) is 28.3. The lowest BCUT2D eigenvalue weighted by Crippen LogP contribution is -2.53. The minimum Gasteiger partial charge on any atom is -0.462 e. The molecule has 9 atom stereocenters. The number of amides is 7. The normalized spacial score (nSPS) is 25.5. The summed E-state index contributed by atoms with van der Waals surface area (Å²) in [6, 6.07) is 4.25. The number of primary amides is 1. The number of urea groups is 1.